The van der Waals surface area contributed by atoms with Crippen LogP contribution in [-0.4, -0.2) is 127 Å². The third kappa shape index (κ3) is 21.2. The van der Waals surface area contributed by atoms with Crippen LogP contribution in [0.3, 0.4) is 0 Å². The van der Waals surface area contributed by atoms with Gasteiger partial charge in [0.05, 0.1) is 6.33 Å². The predicted octanol–water partition coefficient (Wildman–Crippen LogP) is 7.95. The van der Waals surface area contributed by atoms with Crippen molar-refractivity contribution in [1.82, 2.24) is 40.6 Å². The Hall–Kier alpha value is -4.93. The largest absolute Gasteiger partial charge is 0.524 e. The minimum atomic E-state index is -4.79. The summed E-state index contributed by atoms with van der Waals surface area (Å²) in [7, 11) is -4.79. The molecule has 0 saturated carbocycles. The molecule has 414 valence electrons. The average molecular weight is 1060 g/mol. The number of rotatable bonds is 33. The molecule has 3 saturated heterocycles. The van der Waals surface area contributed by atoms with Gasteiger partial charge in [-0.2, -0.15) is 0 Å². The van der Waals surface area contributed by atoms with Crippen LogP contribution in [0.2, 0.25) is 0 Å². The van der Waals surface area contributed by atoms with E-state index in [1.165, 1.54) is 108 Å². The molecule has 1 aromatic heterocycles. The Balaban J connectivity index is 1.00. The molecule has 75 heavy (non-hydrogen) atoms. The molecule has 3 fully saturated rings. The molecule has 0 spiro atoms. The number of nitrogens with one attached hydrogen (secondary N) is 4. The van der Waals surface area contributed by atoms with Gasteiger partial charge in [-0.05, 0) is 68.3 Å². The first kappa shape index (κ1) is 59.3. The van der Waals surface area contributed by atoms with Crippen molar-refractivity contribution in [3.05, 3.63) is 83.9 Å². The van der Waals surface area contributed by atoms with Crippen molar-refractivity contribution in [2.45, 2.75) is 192 Å². The molecule has 3 aliphatic rings. The number of unbranched alkanes of at least 4 members (excludes halogenated alkanes) is 13. The van der Waals surface area contributed by atoms with Gasteiger partial charge in [0.25, 0.3) is 0 Å². The van der Waals surface area contributed by atoms with Gasteiger partial charge >= 0.3 is 7.82 Å². The van der Waals surface area contributed by atoms with Crippen LogP contribution in [0.25, 0.3) is 0 Å². The number of ketones is 1. The molecule has 3 aliphatic heterocycles. The fraction of sp³-hybridized carbons (Fsp3) is 0.649. The number of amides is 4. The number of H-pyrrole nitrogens is 1. The van der Waals surface area contributed by atoms with Crippen LogP contribution >= 0.6 is 7.82 Å². The number of nitrogens with zero attached hydrogens (tertiary/aromatic N) is 4. The monoisotopic (exact) mass is 1060 g/mol. The molecule has 0 radical (unpaired) electrons. The Bertz CT molecular complexity index is 2220. The number of aromatic nitrogens is 2. The average Bonchev–Trinajstić information content (AvgIpc) is 4.08. The van der Waals surface area contributed by atoms with E-state index in [1.54, 1.807) is 23.2 Å². The third-order valence-corrected chi connectivity index (χ3v) is 15.8. The number of imidazole rings is 1. The highest BCUT2D eigenvalue weighted by Crippen LogP contribution is 2.38. The maximum absolute atomic E-state index is 14.7. The number of Topliss-reactive ketones (excluding diaryl/α,β-unsaturated/α-hetero) is 1. The van der Waals surface area contributed by atoms with E-state index in [1.807, 2.05) is 30.3 Å². The number of phosphoric acid groups is 1. The maximum Gasteiger partial charge on any atom is 0.524 e. The summed E-state index contributed by atoms with van der Waals surface area (Å²) >= 11 is 0. The summed E-state index contributed by atoms with van der Waals surface area (Å²) in [4.78, 5) is 103. The van der Waals surface area contributed by atoms with Gasteiger partial charge in [-0.3, -0.25) is 33.8 Å². The fourth-order valence-electron chi connectivity index (χ4n) is 11.0. The van der Waals surface area contributed by atoms with Gasteiger partial charge in [0.1, 0.15) is 29.7 Å². The quantitative estimate of drug-likeness (QED) is 0.0253. The second-order valence-electron chi connectivity index (χ2n) is 21.3. The number of carbonyl (C=O) groups is 5. The number of piperazine rings is 1. The maximum atomic E-state index is 14.7. The van der Waals surface area contributed by atoms with Crippen LogP contribution in [0, 0.1) is 5.92 Å². The lowest BCUT2D eigenvalue weighted by Crippen LogP contribution is -2.59. The standard InChI is InChI=1S/C57H87N8O9P/c1-2-3-4-5-6-7-8-9-10-11-12-13-14-20-32-63-34-36-64(37-35-63)33-31-49(66)39-46(38-44-25-28-50(29-26-44)74-75(71,72)73)54(67)61-51-24-19-18-23-48-27-30-53(65(48)57(51)70)56(69)62-52(40-47-42-58-43-60-47)55(68)59-41-45-21-16-15-17-22-45/h15-17,21-22,25-26,28-29,42-43,46,48,51-53H,2-14,18-20,23-24,27,30-41H2,1H3,(H,58,60)(H,59,68)(H,61,67)(H,62,69)(H2,71,72,73)/t46-,48?,51+,52+,53+/m1/s1. The van der Waals surface area contributed by atoms with E-state index < -0.39 is 43.7 Å². The van der Waals surface area contributed by atoms with Gasteiger partial charge in [0.2, 0.25) is 23.6 Å². The first-order chi connectivity index (χ1) is 36.3. The molecule has 17 nitrogen and oxygen atoms in total. The summed E-state index contributed by atoms with van der Waals surface area (Å²) in [6.07, 6.45) is 26.0. The van der Waals surface area contributed by atoms with Crippen LogP contribution in [0.15, 0.2) is 67.1 Å². The molecule has 6 N–H and O–H groups in total. The summed E-state index contributed by atoms with van der Waals surface area (Å²) in [6.45, 7) is 7.92. The Morgan fingerprint density at radius 2 is 1.37 bits per heavy atom. The lowest BCUT2D eigenvalue weighted by Gasteiger charge is -2.36. The van der Waals surface area contributed by atoms with E-state index in [9.17, 15) is 38.3 Å². The molecule has 0 aliphatic carbocycles. The highest BCUT2D eigenvalue weighted by molar-refractivity contribution is 7.46. The van der Waals surface area contributed by atoms with Crippen LogP contribution in [0.4, 0.5) is 0 Å². The number of aromatic amines is 1. The van der Waals surface area contributed by atoms with E-state index in [0.29, 0.717) is 49.9 Å². The summed E-state index contributed by atoms with van der Waals surface area (Å²) in [6, 6.07) is 12.5. The fourth-order valence-corrected chi connectivity index (χ4v) is 11.4. The zero-order valence-corrected chi connectivity index (χ0v) is 45.5. The third-order valence-electron chi connectivity index (χ3n) is 15.4. The van der Waals surface area contributed by atoms with Crippen molar-refractivity contribution in [1.29, 1.82) is 0 Å². The minimum Gasteiger partial charge on any atom is -0.404 e. The van der Waals surface area contributed by atoms with Gasteiger partial charge in [-0.25, -0.2) is 9.55 Å². The molecule has 4 amide bonds. The van der Waals surface area contributed by atoms with Crippen molar-refractivity contribution in [3.8, 4) is 5.75 Å². The molecule has 1 unspecified atom stereocenters. The van der Waals surface area contributed by atoms with Gasteiger partial charge in [0, 0.05) is 82.4 Å². The first-order valence-electron chi connectivity index (χ1n) is 28.4. The lowest BCUT2D eigenvalue weighted by atomic mass is 9.91. The molecule has 0 bridgehead atoms. The molecular weight excluding hydrogens is 972 g/mol. The van der Waals surface area contributed by atoms with Crippen LogP contribution < -0.4 is 20.5 Å². The second kappa shape index (κ2) is 32.0. The van der Waals surface area contributed by atoms with E-state index in [2.05, 4.69) is 42.6 Å². The molecule has 2 aromatic carbocycles. The van der Waals surface area contributed by atoms with Crippen molar-refractivity contribution in [3.63, 3.8) is 0 Å². The Morgan fingerprint density at radius 3 is 2.00 bits per heavy atom. The molecule has 5 atom stereocenters. The number of carbonyl (C=O) groups excluding carboxylic acids is 5. The SMILES string of the molecule is CCCCCCCCCCCCCCCCN1CCN(CCC(=O)C[C@@H](Cc2ccc(OP(=O)(O)O)cc2)C(=O)N[C@H]2CCCCC3CC[C@@H](C(=O)N[C@@H](Cc4cnc[nH]4)C(=O)NCc4ccccc4)N3C2=O)CC1. The minimum absolute atomic E-state index is 0.0387. The van der Waals surface area contributed by atoms with Crippen molar-refractivity contribution in [2.24, 2.45) is 5.92 Å². The molecule has 6 rings (SSSR count). The molecular formula is C57H87N8O9P. The van der Waals surface area contributed by atoms with Gasteiger partial charge in [0.15, 0.2) is 0 Å². The number of hydrogen-bond acceptors (Lipinski definition) is 10. The Morgan fingerprint density at radius 1 is 0.747 bits per heavy atom. The highest BCUT2D eigenvalue weighted by Gasteiger charge is 2.45. The zero-order chi connectivity index (χ0) is 53.3. The number of hydrogen-bond donors (Lipinski definition) is 6. The van der Waals surface area contributed by atoms with Crippen molar-refractivity contribution >= 4 is 37.2 Å². The summed E-state index contributed by atoms with van der Waals surface area (Å²) in [5.74, 6) is -2.60. The van der Waals surface area contributed by atoms with E-state index in [-0.39, 0.29) is 61.6 Å². The summed E-state index contributed by atoms with van der Waals surface area (Å²) in [5.41, 5.74) is 2.21. The summed E-state index contributed by atoms with van der Waals surface area (Å²) in [5, 5.41) is 8.91. The van der Waals surface area contributed by atoms with Gasteiger partial charge < -0.3 is 40.2 Å². The van der Waals surface area contributed by atoms with E-state index >= 15 is 0 Å². The number of benzene rings is 2. The molecule has 18 heteroatoms. The molecule has 4 heterocycles. The van der Waals surface area contributed by atoms with E-state index in [4.69, 9.17) is 4.52 Å². The summed E-state index contributed by atoms with van der Waals surface area (Å²) < 4.78 is 16.2. The van der Waals surface area contributed by atoms with Crippen LogP contribution in [0.5, 0.6) is 5.75 Å². The number of phosphoric ester groups is 1. The second-order valence-corrected chi connectivity index (χ2v) is 22.4. The van der Waals surface area contributed by atoms with Gasteiger partial charge in [-0.15, -0.1) is 0 Å². The first-order valence-corrected chi connectivity index (χ1v) is 29.9. The van der Waals surface area contributed by atoms with E-state index in [0.717, 1.165) is 44.7 Å². The van der Waals surface area contributed by atoms with Gasteiger partial charge in [-0.1, -0.05) is 146 Å². The Labute approximate surface area is 445 Å². The lowest BCUT2D eigenvalue weighted by molar-refractivity contribution is -0.145. The zero-order valence-electron chi connectivity index (χ0n) is 44.6. The normalized spacial score (nSPS) is 19.4. The number of fused-ring (bicyclic) bond motifs is 1. The topological polar surface area (TPSA) is 227 Å². The van der Waals surface area contributed by atoms with Crippen LogP contribution in [0.1, 0.15) is 165 Å². The van der Waals surface area contributed by atoms with Crippen LogP contribution in [-0.2, 0) is 47.9 Å². The highest BCUT2D eigenvalue weighted by atomic mass is 31.2. The van der Waals surface area contributed by atoms with Crippen molar-refractivity contribution < 1.29 is 42.8 Å². The van der Waals surface area contributed by atoms with Crippen molar-refractivity contribution in [2.75, 3.05) is 39.3 Å². The smallest absolute Gasteiger partial charge is 0.404 e. The molecule has 3 aromatic rings. The predicted molar refractivity (Wildman–Crippen MR) is 290 cm³/mol. The Kier molecular flexibility index (Phi) is 25.3.